The van der Waals surface area contributed by atoms with Gasteiger partial charge < -0.3 is 14.6 Å². The molecule has 8 nitrogen and oxygen atoms in total. The topological polar surface area (TPSA) is 102 Å². The molecule has 1 aliphatic rings. The fourth-order valence-electron chi connectivity index (χ4n) is 3.17. The number of nitrogens with one attached hydrogen (secondary N) is 1. The fraction of sp³-hybridized carbons (Fsp3) is 0.368. The maximum absolute atomic E-state index is 13.0. The highest BCUT2D eigenvalue weighted by molar-refractivity contribution is 6.09. The molecule has 1 saturated heterocycles. The lowest BCUT2D eigenvalue weighted by atomic mass is 9.87. The second kappa shape index (κ2) is 7.22. The predicted molar refractivity (Wildman–Crippen MR) is 94.4 cm³/mol. The summed E-state index contributed by atoms with van der Waals surface area (Å²) in [4.78, 5) is 38.4. The number of amides is 3. The average Bonchev–Trinajstić information content (AvgIpc) is 3.12. The summed E-state index contributed by atoms with van der Waals surface area (Å²) in [5, 5.41) is 6.52. The zero-order valence-corrected chi connectivity index (χ0v) is 15.4. The molecule has 0 saturated carbocycles. The molecule has 142 valence electrons. The standard InChI is InChI=1S/C19H21N3O5/c1-4-19(14-8-6-5-7-9-14)17(24)22(18(25)20-19)10-16(23)26-11-15-12(2)21-27-13(15)3/h5-9H,4,10-11H2,1-3H3,(H,20,25). The Morgan fingerprint density at radius 2 is 1.96 bits per heavy atom. The van der Waals surface area contributed by atoms with Crippen LogP contribution < -0.4 is 5.32 Å². The fourth-order valence-corrected chi connectivity index (χ4v) is 3.17. The molecule has 27 heavy (non-hydrogen) atoms. The van der Waals surface area contributed by atoms with E-state index in [1.807, 2.05) is 13.0 Å². The van der Waals surface area contributed by atoms with E-state index < -0.39 is 30.0 Å². The quantitative estimate of drug-likeness (QED) is 0.617. The molecule has 1 aliphatic heterocycles. The summed E-state index contributed by atoms with van der Waals surface area (Å²) in [6.45, 7) is 4.79. The number of urea groups is 1. The van der Waals surface area contributed by atoms with Gasteiger partial charge in [0.1, 0.15) is 24.5 Å². The zero-order chi connectivity index (χ0) is 19.6. The Kier molecular flexibility index (Phi) is 4.98. The van der Waals surface area contributed by atoms with E-state index in [-0.39, 0.29) is 6.61 Å². The molecule has 3 rings (SSSR count). The first-order valence-corrected chi connectivity index (χ1v) is 8.66. The van der Waals surface area contributed by atoms with E-state index in [0.717, 1.165) is 4.90 Å². The lowest BCUT2D eigenvalue weighted by Crippen LogP contribution is -2.43. The Morgan fingerprint density at radius 1 is 1.26 bits per heavy atom. The normalized spacial score (nSPS) is 19.3. The molecule has 3 amide bonds. The van der Waals surface area contributed by atoms with Crippen LogP contribution in [0.15, 0.2) is 34.9 Å². The van der Waals surface area contributed by atoms with Crippen molar-refractivity contribution < 1.29 is 23.6 Å². The molecular formula is C19H21N3O5. The third kappa shape index (κ3) is 3.30. The maximum Gasteiger partial charge on any atom is 0.326 e. The molecule has 0 aliphatic carbocycles. The number of aryl methyl sites for hydroxylation is 2. The van der Waals surface area contributed by atoms with E-state index in [4.69, 9.17) is 9.26 Å². The van der Waals surface area contributed by atoms with Crippen LogP contribution in [0.2, 0.25) is 0 Å². The maximum atomic E-state index is 13.0. The van der Waals surface area contributed by atoms with Gasteiger partial charge in [0.15, 0.2) is 0 Å². The summed E-state index contributed by atoms with van der Waals surface area (Å²) >= 11 is 0. The van der Waals surface area contributed by atoms with Crippen LogP contribution in [-0.2, 0) is 26.5 Å². The molecule has 2 heterocycles. The van der Waals surface area contributed by atoms with Crippen molar-refractivity contribution in [1.82, 2.24) is 15.4 Å². The highest BCUT2D eigenvalue weighted by Crippen LogP contribution is 2.32. The van der Waals surface area contributed by atoms with Gasteiger partial charge in [0.25, 0.3) is 5.91 Å². The van der Waals surface area contributed by atoms with Gasteiger partial charge in [-0.1, -0.05) is 42.4 Å². The molecule has 1 unspecified atom stereocenters. The Morgan fingerprint density at radius 3 is 2.56 bits per heavy atom. The van der Waals surface area contributed by atoms with Gasteiger partial charge >= 0.3 is 12.0 Å². The van der Waals surface area contributed by atoms with Crippen LogP contribution >= 0.6 is 0 Å². The molecule has 0 radical (unpaired) electrons. The third-order valence-electron chi connectivity index (χ3n) is 4.82. The second-order valence-electron chi connectivity index (χ2n) is 6.41. The molecule has 1 fully saturated rings. The van der Waals surface area contributed by atoms with Crippen LogP contribution in [0.3, 0.4) is 0 Å². The first-order valence-electron chi connectivity index (χ1n) is 8.66. The summed E-state index contributed by atoms with van der Waals surface area (Å²) in [5.41, 5.74) is 0.815. The number of esters is 1. The Bertz CT molecular complexity index is 857. The number of ether oxygens (including phenoxy) is 1. The van der Waals surface area contributed by atoms with Gasteiger partial charge in [0.05, 0.1) is 11.3 Å². The minimum Gasteiger partial charge on any atom is -0.459 e. The minimum absolute atomic E-state index is 0.0265. The zero-order valence-electron chi connectivity index (χ0n) is 15.4. The second-order valence-corrected chi connectivity index (χ2v) is 6.41. The van der Waals surface area contributed by atoms with Crippen molar-refractivity contribution >= 4 is 17.9 Å². The van der Waals surface area contributed by atoms with Crippen molar-refractivity contribution in [3.63, 3.8) is 0 Å². The van der Waals surface area contributed by atoms with Crippen molar-refractivity contribution in [3.8, 4) is 0 Å². The third-order valence-corrected chi connectivity index (χ3v) is 4.82. The van der Waals surface area contributed by atoms with Crippen LogP contribution in [0.1, 0.15) is 35.9 Å². The predicted octanol–water partition coefficient (Wildman–Crippen LogP) is 2.19. The van der Waals surface area contributed by atoms with Gasteiger partial charge in [0, 0.05) is 0 Å². The van der Waals surface area contributed by atoms with Gasteiger partial charge in [-0.3, -0.25) is 14.5 Å². The van der Waals surface area contributed by atoms with E-state index in [2.05, 4.69) is 10.5 Å². The highest BCUT2D eigenvalue weighted by Gasteiger charge is 2.51. The summed E-state index contributed by atoms with van der Waals surface area (Å²) < 4.78 is 10.2. The monoisotopic (exact) mass is 371 g/mol. The number of hydrogen-bond acceptors (Lipinski definition) is 6. The van der Waals surface area contributed by atoms with Crippen molar-refractivity contribution in [1.29, 1.82) is 0 Å². The molecular weight excluding hydrogens is 350 g/mol. The summed E-state index contributed by atoms with van der Waals surface area (Å²) in [6, 6.07) is 8.37. The largest absolute Gasteiger partial charge is 0.459 e. The van der Waals surface area contributed by atoms with Crippen molar-refractivity contribution in [2.45, 2.75) is 39.3 Å². The first kappa shape index (κ1) is 18.6. The number of carbonyl (C=O) groups excluding carboxylic acids is 3. The van der Waals surface area contributed by atoms with Crippen LogP contribution in [-0.4, -0.2) is 34.5 Å². The van der Waals surface area contributed by atoms with Crippen LogP contribution in [0, 0.1) is 13.8 Å². The number of nitrogens with zero attached hydrogens (tertiary/aromatic N) is 2. The van der Waals surface area contributed by atoms with Gasteiger partial charge in [-0.05, 0) is 25.8 Å². The average molecular weight is 371 g/mol. The van der Waals surface area contributed by atoms with Crippen LogP contribution in [0.5, 0.6) is 0 Å². The van der Waals surface area contributed by atoms with Gasteiger partial charge in [-0.15, -0.1) is 0 Å². The number of rotatable bonds is 6. The summed E-state index contributed by atoms with van der Waals surface area (Å²) in [5.74, 6) is -0.585. The number of imide groups is 1. The number of hydrogen-bond donors (Lipinski definition) is 1. The molecule has 1 atom stereocenters. The van der Waals surface area contributed by atoms with E-state index in [0.29, 0.717) is 29.0 Å². The number of carbonyl (C=O) groups is 3. The summed E-state index contributed by atoms with van der Waals surface area (Å²) in [7, 11) is 0. The molecule has 0 spiro atoms. The lowest BCUT2D eigenvalue weighted by molar-refractivity contribution is -0.149. The van der Waals surface area contributed by atoms with Gasteiger partial charge in [-0.25, -0.2) is 4.79 Å². The lowest BCUT2D eigenvalue weighted by Gasteiger charge is -2.25. The van der Waals surface area contributed by atoms with E-state index in [1.165, 1.54) is 0 Å². The Labute approximate surface area is 156 Å². The van der Waals surface area contributed by atoms with Crippen LogP contribution in [0.25, 0.3) is 0 Å². The molecule has 1 aromatic carbocycles. The molecule has 2 aromatic rings. The Hall–Kier alpha value is -3.16. The van der Waals surface area contributed by atoms with E-state index >= 15 is 0 Å². The van der Waals surface area contributed by atoms with Crippen LogP contribution in [0.4, 0.5) is 4.79 Å². The smallest absolute Gasteiger partial charge is 0.326 e. The van der Waals surface area contributed by atoms with Crippen molar-refractivity contribution in [2.24, 2.45) is 0 Å². The molecule has 0 bridgehead atoms. The molecule has 1 aromatic heterocycles. The van der Waals surface area contributed by atoms with Gasteiger partial charge in [0.2, 0.25) is 0 Å². The molecule has 8 heteroatoms. The van der Waals surface area contributed by atoms with E-state index in [1.54, 1.807) is 38.1 Å². The Balaban J connectivity index is 1.71. The SMILES string of the molecule is CCC1(c2ccccc2)NC(=O)N(CC(=O)OCc2c(C)noc2C)C1=O. The first-order chi connectivity index (χ1) is 12.9. The van der Waals surface area contributed by atoms with Crippen molar-refractivity contribution in [2.75, 3.05) is 6.54 Å². The van der Waals surface area contributed by atoms with Gasteiger partial charge in [-0.2, -0.15) is 0 Å². The summed E-state index contributed by atoms with van der Waals surface area (Å²) in [6.07, 6.45) is 0.367. The molecule has 1 N–H and O–H groups in total. The van der Waals surface area contributed by atoms with E-state index in [9.17, 15) is 14.4 Å². The number of aromatic nitrogens is 1. The van der Waals surface area contributed by atoms with Crippen molar-refractivity contribution in [3.05, 3.63) is 52.9 Å². The highest BCUT2D eigenvalue weighted by atomic mass is 16.5. The number of benzene rings is 1. The minimum atomic E-state index is -1.17.